The summed E-state index contributed by atoms with van der Waals surface area (Å²) in [5.41, 5.74) is 5.60. The number of pyridine rings is 1. The van der Waals surface area contributed by atoms with Gasteiger partial charge in [0.15, 0.2) is 0 Å². The molecule has 2 heterocycles. The van der Waals surface area contributed by atoms with Crippen molar-refractivity contribution in [2.45, 2.75) is 32.6 Å². The summed E-state index contributed by atoms with van der Waals surface area (Å²) in [6.45, 7) is 7.50. The van der Waals surface area contributed by atoms with E-state index in [1.807, 2.05) is 70.2 Å². The fraction of sp³-hybridized carbons (Fsp3) is 0.182. The van der Waals surface area contributed by atoms with Crippen molar-refractivity contribution in [3.8, 4) is 10.6 Å². The second kappa shape index (κ2) is 7.24. The second-order valence-corrected chi connectivity index (χ2v) is 9.81. The van der Waals surface area contributed by atoms with E-state index in [0.717, 1.165) is 43.2 Å². The van der Waals surface area contributed by atoms with E-state index < -0.39 is 10.0 Å². The molecule has 0 saturated carbocycles. The molecule has 2 aromatic carbocycles. The lowest BCUT2D eigenvalue weighted by Crippen LogP contribution is -2.16. The van der Waals surface area contributed by atoms with Crippen molar-refractivity contribution in [1.82, 2.24) is 9.97 Å². The molecule has 2 aromatic heterocycles. The molecule has 4 rings (SSSR count). The highest BCUT2D eigenvalue weighted by molar-refractivity contribution is 7.92. The summed E-state index contributed by atoms with van der Waals surface area (Å²) in [6.07, 6.45) is 1.74. The molecule has 5 nitrogen and oxygen atoms in total. The minimum atomic E-state index is -3.72. The van der Waals surface area contributed by atoms with E-state index in [1.54, 1.807) is 6.20 Å². The minimum absolute atomic E-state index is 0.331. The Bertz CT molecular complexity index is 1290. The first-order valence-corrected chi connectivity index (χ1v) is 11.5. The van der Waals surface area contributed by atoms with E-state index in [1.165, 1.54) is 11.3 Å². The Balaban J connectivity index is 1.75. The third-order valence-corrected chi connectivity index (χ3v) is 7.47. The predicted molar refractivity (Wildman–Crippen MR) is 119 cm³/mol. The molecule has 0 amide bonds. The zero-order chi connectivity index (χ0) is 20.8. The topological polar surface area (TPSA) is 72.0 Å². The number of hydrogen-bond donors (Lipinski definition) is 1. The molecule has 4 aromatic rings. The van der Waals surface area contributed by atoms with E-state index in [2.05, 4.69) is 14.7 Å². The van der Waals surface area contributed by atoms with Crippen LogP contribution in [0.1, 0.15) is 22.3 Å². The molecule has 1 N–H and O–H groups in total. The van der Waals surface area contributed by atoms with E-state index in [-0.39, 0.29) is 0 Å². The summed E-state index contributed by atoms with van der Waals surface area (Å²) in [7, 11) is -3.72. The van der Waals surface area contributed by atoms with Crippen molar-refractivity contribution in [2.75, 3.05) is 4.72 Å². The van der Waals surface area contributed by atoms with Gasteiger partial charge >= 0.3 is 0 Å². The highest BCUT2D eigenvalue weighted by Gasteiger charge is 2.21. The predicted octanol–water partition coefficient (Wildman–Crippen LogP) is 5.39. The molecule has 0 aliphatic carbocycles. The Hall–Kier alpha value is -2.77. The van der Waals surface area contributed by atoms with Gasteiger partial charge in [0.2, 0.25) is 0 Å². The van der Waals surface area contributed by atoms with Crippen molar-refractivity contribution in [2.24, 2.45) is 0 Å². The molecule has 0 radical (unpaired) electrons. The number of aromatic nitrogens is 2. The normalized spacial score (nSPS) is 11.7. The Morgan fingerprint density at radius 3 is 2.34 bits per heavy atom. The molecular weight excluding hydrogens is 402 g/mol. The molecule has 0 aliphatic rings. The van der Waals surface area contributed by atoms with Gasteiger partial charge in [-0.3, -0.25) is 4.72 Å². The van der Waals surface area contributed by atoms with Crippen LogP contribution in [-0.2, 0) is 10.0 Å². The lowest BCUT2D eigenvalue weighted by Gasteiger charge is -2.15. The zero-order valence-corrected chi connectivity index (χ0v) is 18.3. The van der Waals surface area contributed by atoms with E-state index >= 15 is 0 Å². The summed E-state index contributed by atoms with van der Waals surface area (Å²) in [5, 5.41) is 0.807. The molecule has 0 bridgehead atoms. The first-order chi connectivity index (χ1) is 13.7. The molecule has 0 saturated heterocycles. The number of anilines is 1. The highest BCUT2D eigenvalue weighted by atomic mass is 32.2. The molecular formula is C22H21N3O2S2. The minimum Gasteiger partial charge on any atom is -0.279 e. The lowest BCUT2D eigenvalue weighted by molar-refractivity contribution is 0.600. The van der Waals surface area contributed by atoms with Crippen LogP contribution in [0.4, 0.5) is 5.69 Å². The van der Waals surface area contributed by atoms with Gasteiger partial charge in [0.25, 0.3) is 10.0 Å². The van der Waals surface area contributed by atoms with Crippen molar-refractivity contribution in [3.63, 3.8) is 0 Å². The number of aryl methyl sites for hydroxylation is 4. The molecule has 7 heteroatoms. The van der Waals surface area contributed by atoms with E-state index in [4.69, 9.17) is 0 Å². The van der Waals surface area contributed by atoms with Crippen LogP contribution >= 0.6 is 11.3 Å². The lowest BCUT2D eigenvalue weighted by atomic mass is 10.1. The van der Waals surface area contributed by atoms with Crippen molar-refractivity contribution < 1.29 is 8.42 Å². The third-order valence-electron chi connectivity index (χ3n) is 4.77. The van der Waals surface area contributed by atoms with Crippen LogP contribution in [0.5, 0.6) is 0 Å². The SMILES string of the molecule is Cc1cc(C)c(S(=O)(=O)Nc2cc(-c3nc4cccnc4s3)ccc2C)c(C)c1. The molecule has 0 unspecified atom stereocenters. The summed E-state index contributed by atoms with van der Waals surface area (Å²) in [5.74, 6) is 0. The van der Waals surface area contributed by atoms with Crippen LogP contribution in [-0.4, -0.2) is 18.4 Å². The Labute approximate surface area is 174 Å². The highest BCUT2D eigenvalue weighted by Crippen LogP contribution is 2.32. The number of nitrogens with one attached hydrogen (secondary N) is 1. The van der Waals surface area contributed by atoms with E-state index in [9.17, 15) is 8.42 Å². The summed E-state index contributed by atoms with van der Waals surface area (Å²) in [4.78, 5) is 10.2. The number of benzene rings is 2. The first kappa shape index (κ1) is 19.5. The number of sulfonamides is 1. The van der Waals surface area contributed by atoms with Gasteiger partial charge in [-0.1, -0.05) is 41.2 Å². The maximum absolute atomic E-state index is 13.2. The number of rotatable bonds is 4. The molecule has 0 aliphatic heterocycles. The van der Waals surface area contributed by atoms with Gasteiger partial charge in [0.05, 0.1) is 10.6 Å². The van der Waals surface area contributed by atoms with Gasteiger partial charge in [-0.15, -0.1) is 0 Å². The van der Waals surface area contributed by atoms with Crippen LogP contribution in [0, 0.1) is 27.7 Å². The molecule has 29 heavy (non-hydrogen) atoms. The second-order valence-electron chi connectivity index (χ2n) is 7.21. The monoisotopic (exact) mass is 423 g/mol. The third kappa shape index (κ3) is 3.75. The van der Waals surface area contributed by atoms with Crippen LogP contribution in [0.3, 0.4) is 0 Å². The fourth-order valence-corrected chi connectivity index (χ4v) is 6.03. The average Bonchev–Trinajstić information content (AvgIpc) is 3.06. The Morgan fingerprint density at radius 2 is 1.66 bits per heavy atom. The smallest absolute Gasteiger partial charge is 0.262 e. The molecule has 0 fully saturated rings. The molecule has 0 atom stereocenters. The van der Waals surface area contributed by atoms with Crippen LogP contribution in [0.25, 0.3) is 20.9 Å². The van der Waals surface area contributed by atoms with Gasteiger partial charge in [0.1, 0.15) is 15.4 Å². The summed E-state index contributed by atoms with van der Waals surface area (Å²) in [6, 6.07) is 13.2. The first-order valence-electron chi connectivity index (χ1n) is 9.18. The van der Waals surface area contributed by atoms with Crippen LogP contribution in [0.15, 0.2) is 53.6 Å². The average molecular weight is 424 g/mol. The van der Waals surface area contributed by atoms with Gasteiger partial charge in [-0.05, 0) is 62.6 Å². The summed E-state index contributed by atoms with van der Waals surface area (Å²) < 4.78 is 29.1. The fourth-order valence-electron chi connectivity index (χ4n) is 3.54. The van der Waals surface area contributed by atoms with Crippen molar-refractivity contribution in [1.29, 1.82) is 0 Å². The largest absolute Gasteiger partial charge is 0.279 e. The Kier molecular flexibility index (Phi) is 4.88. The molecule has 0 spiro atoms. The zero-order valence-electron chi connectivity index (χ0n) is 16.6. The maximum atomic E-state index is 13.2. The van der Waals surface area contributed by atoms with Gasteiger partial charge < -0.3 is 0 Å². The van der Waals surface area contributed by atoms with Crippen LogP contribution in [0.2, 0.25) is 0 Å². The summed E-state index contributed by atoms with van der Waals surface area (Å²) >= 11 is 1.49. The van der Waals surface area contributed by atoms with Crippen LogP contribution < -0.4 is 4.72 Å². The number of thiazole rings is 1. The number of fused-ring (bicyclic) bond motifs is 1. The molecule has 148 valence electrons. The number of nitrogens with zero attached hydrogens (tertiary/aromatic N) is 2. The van der Waals surface area contributed by atoms with Gasteiger partial charge in [0, 0.05) is 11.8 Å². The maximum Gasteiger partial charge on any atom is 0.262 e. The van der Waals surface area contributed by atoms with Crippen molar-refractivity contribution in [3.05, 3.63) is 70.9 Å². The van der Waals surface area contributed by atoms with Crippen molar-refractivity contribution >= 4 is 37.4 Å². The Morgan fingerprint density at radius 1 is 0.931 bits per heavy atom. The van der Waals surface area contributed by atoms with Gasteiger partial charge in [-0.25, -0.2) is 18.4 Å². The van der Waals surface area contributed by atoms with Gasteiger partial charge in [-0.2, -0.15) is 0 Å². The quantitative estimate of drug-likeness (QED) is 0.477. The standard InChI is InChI=1S/C22H21N3O2S2/c1-13-10-15(3)20(16(4)11-13)29(26,27)25-19-12-17(8-7-14(19)2)21-24-18-6-5-9-23-22(18)28-21/h5-12,25H,1-4H3. The van der Waals surface area contributed by atoms with E-state index in [0.29, 0.717) is 10.6 Å². The number of hydrogen-bond acceptors (Lipinski definition) is 5.